The van der Waals surface area contributed by atoms with Gasteiger partial charge in [0.2, 0.25) is 0 Å². The van der Waals surface area contributed by atoms with Gasteiger partial charge >= 0.3 is 12.1 Å². The van der Waals surface area contributed by atoms with Crippen molar-refractivity contribution >= 4 is 16.9 Å². The van der Waals surface area contributed by atoms with Crippen LogP contribution in [0.25, 0.3) is 10.9 Å². The molecule has 0 spiro atoms. The molecule has 0 saturated carbocycles. The summed E-state index contributed by atoms with van der Waals surface area (Å²) in [6, 6.07) is 13.8. The van der Waals surface area contributed by atoms with Gasteiger partial charge in [-0.25, -0.2) is 0 Å². The highest BCUT2D eigenvalue weighted by Crippen LogP contribution is 2.34. The van der Waals surface area contributed by atoms with Gasteiger partial charge in [0.15, 0.2) is 0 Å². The maximum atomic E-state index is 13.3. The van der Waals surface area contributed by atoms with Gasteiger partial charge in [-0.15, -0.1) is 0 Å². The zero-order chi connectivity index (χ0) is 28.5. The van der Waals surface area contributed by atoms with Crippen molar-refractivity contribution in [1.29, 1.82) is 0 Å². The number of methoxy groups -OCH3 is 1. The lowest BCUT2D eigenvalue weighted by molar-refractivity contribution is -0.138. The van der Waals surface area contributed by atoms with Crippen LogP contribution < -0.4 is 4.74 Å². The number of carboxylic acid groups (broad SMARTS) is 1. The van der Waals surface area contributed by atoms with Gasteiger partial charge in [0.1, 0.15) is 5.75 Å². The smallest absolute Gasteiger partial charge is 0.416 e. The van der Waals surface area contributed by atoms with Crippen LogP contribution in [0.5, 0.6) is 5.75 Å². The number of halogens is 3. The van der Waals surface area contributed by atoms with E-state index in [1.54, 1.807) is 19.2 Å². The van der Waals surface area contributed by atoms with Crippen LogP contribution in [0.3, 0.4) is 0 Å². The van der Waals surface area contributed by atoms with Crippen LogP contribution in [0, 0.1) is 11.8 Å². The standard InChI is InChI=1S/C32H39F3N2O3/c1-40-27-13-14-30-28(21-27)24(16-18-36-30)10-6-9-23-17-20-37(22-26(23)12-15-31(38)39)19-5-4-8-25-7-2-3-11-29(25)32(33,34)35/h2-3,7,11,13-14,16,18,21,23,26H,4-6,8-10,12,15,17,19-20,22H2,1H3,(H,38,39). The number of pyridine rings is 1. The molecule has 1 N–H and O–H groups in total. The van der Waals surface area contributed by atoms with E-state index in [0.717, 1.165) is 74.5 Å². The van der Waals surface area contributed by atoms with Crippen LogP contribution in [-0.4, -0.2) is 47.7 Å². The molecule has 8 heteroatoms. The molecule has 4 rings (SSSR count). The van der Waals surface area contributed by atoms with Crippen molar-refractivity contribution in [2.24, 2.45) is 11.8 Å². The Kier molecular flexibility index (Phi) is 10.4. The summed E-state index contributed by atoms with van der Waals surface area (Å²) in [5.74, 6) is 0.825. The molecule has 3 aromatic rings. The molecule has 1 saturated heterocycles. The van der Waals surface area contributed by atoms with Gasteiger partial charge in [0, 0.05) is 24.5 Å². The first-order valence-electron chi connectivity index (χ1n) is 14.3. The first kappa shape index (κ1) is 29.8. The molecule has 0 amide bonds. The third-order valence-electron chi connectivity index (χ3n) is 8.26. The highest BCUT2D eigenvalue weighted by Gasteiger charge is 2.33. The largest absolute Gasteiger partial charge is 0.497 e. The number of nitrogens with zero attached hydrogens (tertiary/aromatic N) is 2. The second kappa shape index (κ2) is 14.0. The first-order chi connectivity index (χ1) is 19.2. The zero-order valence-corrected chi connectivity index (χ0v) is 23.1. The fourth-order valence-electron chi connectivity index (χ4n) is 6.12. The summed E-state index contributed by atoms with van der Waals surface area (Å²) < 4.78 is 45.3. The average molecular weight is 557 g/mol. The lowest BCUT2D eigenvalue weighted by Gasteiger charge is -2.39. The molecule has 2 heterocycles. The van der Waals surface area contributed by atoms with E-state index in [1.807, 2.05) is 24.4 Å². The van der Waals surface area contributed by atoms with Gasteiger partial charge in [-0.3, -0.25) is 9.78 Å². The molecule has 0 aliphatic carbocycles. The lowest BCUT2D eigenvalue weighted by Crippen LogP contribution is -2.41. The molecule has 0 radical (unpaired) electrons. The van der Waals surface area contributed by atoms with Gasteiger partial charge in [0.05, 0.1) is 18.2 Å². The molecule has 1 aromatic heterocycles. The molecule has 0 bridgehead atoms. The predicted molar refractivity (Wildman–Crippen MR) is 151 cm³/mol. The fraction of sp³-hybridized carbons (Fsp3) is 0.500. The number of hydrogen-bond donors (Lipinski definition) is 1. The Balaban J connectivity index is 1.29. The third-order valence-corrected chi connectivity index (χ3v) is 8.26. The number of piperidine rings is 1. The number of aliphatic carboxylic acids is 1. The number of rotatable bonds is 13. The van der Waals surface area contributed by atoms with E-state index in [4.69, 9.17) is 4.74 Å². The van der Waals surface area contributed by atoms with E-state index >= 15 is 0 Å². The van der Waals surface area contributed by atoms with Gasteiger partial charge in [-0.05, 0) is 118 Å². The minimum absolute atomic E-state index is 0.165. The number of carbonyl (C=O) groups is 1. The second-order valence-electron chi connectivity index (χ2n) is 10.9. The molecule has 1 fully saturated rings. The molecule has 1 aliphatic heterocycles. The number of carboxylic acids is 1. The summed E-state index contributed by atoms with van der Waals surface area (Å²) in [6.07, 6.45) is 4.27. The molecule has 5 nitrogen and oxygen atoms in total. The summed E-state index contributed by atoms with van der Waals surface area (Å²) in [6.45, 7) is 2.63. The number of unbranched alkanes of at least 4 members (excludes halogenated alkanes) is 1. The number of fused-ring (bicyclic) bond motifs is 1. The summed E-state index contributed by atoms with van der Waals surface area (Å²) in [4.78, 5) is 18.2. The Morgan fingerprint density at radius 1 is 1.02 bits per heavy atom. The Morgan fingerprint density at radius 3 is 2.60 bits per heavy atom. The van der Waals surface area contributed by atoms with Crippen molar-refractivity contribution in [3.05, 3.63) is 71.4 Å². The van der Waals surface area contributed by atoms with Crippen molar-refractivity contribution in [2.75, 3.05) is 26.7 Å². The number of benzene rings is 2. The van der Waals surface area contributed by atoms with E-state index < -0.39 is 17.7 Å². The average Bonchev–Trinajstić information content (AvgIpc) is 2.94. The minimum Gasteiger partial charge on any atom is -0.497 e. The lowest BCUT2D eigenvalue weighted by atomic mass is 9.79. The third kappa shape index (κ3) is 8.19. The van der Waals surface area contributed by atoms with Crippen LogP contribution in [0.4, 0.5) is 13.2 Å². The summed E-state index contributed by atoms with van der Waals surface area (Å²) >= 11 is 0. The molecular formula is C32H39F3N2O3. The molecule has 40 heavy (non-hydrogen) atoms. The predicted octanol–water partition coefficient (Wildman–Crippen LogP) is 7.41. The van der Waals surface area contributed by atoms with E-state index in [9.17, 15) is 23.1 Å². The molecule has 2 aromatic carbocycles. The number of aryl methyl sites for hydroxylation is 2. The van der Waals surface area contributed by atoms with E-state index in [-0.39, 0.29) is 6.42 Å². The summed E-state index contributed by atoms with van der Waals surface area (Å²) in [7, 11) is 1.66. The van der Waals surface area contributed by atoms with Crippen molar-refractivity contribution < 1.29 is 27.8 Å². The molecule has 2 unspecified atom stereocenters. The van der Waals surface area contributed by atoms with Gasteiger partial charge in [0.25, 0.3) is 0 Å². The number of alkyl halides is 3. The van der Waals surface area contributed by atoms with Crippen LogP contribution >= 0.6 is 0 Å². The van der Waals surface area contributed by atoms with Crippen molar-refractivity contribution in [3.8, 4) is 5.75 Å². The van der Waals surface area contributed by atoms with Gasteiger partial charge < -0.3 is 14.7 Å². The summed E-state index contributed by atoms with van der Waals surface area (Å²) in [5, 5.41) is 10.4. The summed E-state index contributed by atoms with van der Waals surface area (Å²) in [5.41, 5.74) is 2.01. The number of hydrogen-bond acceptors (Lipinski definition) is 4. The highest BCUT2D eigenvalue weighted by molar-refractivity contribution is 5.83. The Hall–Kier alpha value is -3.13. The van der Waals surface area contributed by atoms with Crippen molar-refractivity contribution in [1.82, 2.24) is 9.88 Å². The second-order valence-corrected chi connectivity index (χ2v) is 10.9. The van der Waals surface area contributed by atoms with Crippen LogP contribution in [-0.2, 0) is 23.8 Å². The quantitative estimate of drug-likeness (QED) is 0.222. The SMILES string of the molecule is COc1ccc2nccc(CCCC3CCN(CCCCc4ccccc4C(F)(F)F)CC3CCC(=O)O)c2c1. The maximum absolute atomic E-state index is 13.3. The molecule has 2 atom stereocenters. The van der Waals surface area contributed by atoms with Crippen molar-refractivity contribution in [2.45, 2.75) is 64.0 Å². The normalized spacial score (nSPS) is 18.2. The zero-order valence-electron chi connectivity index (χ0n) is 23.1. The molecular weight excluding hydrogens is 517 g/mol. The number of aromatic nitrogens is 1. The van der Waals surface area contributed by atoms with E-state index in [1.165, 1.54) is 11.6 Å². The maximum Gasteiger partial charge on any atom is 0.416 e. The molecule has 216 valence electrons. The van der Waals surface area contributed by atoms with Gasteiger partial charge in [-0.2, -0.15) is 13.2 Å². The Labute approximate surface area is 234 Å². The number of ether oxygens (including phenoxy) is 1. The number of likely N-dealkylation sites (tertiary alicyclic amines) is 1. The monoisotopic (exact) mass is 556 g/mol. The Morgan fingerprint density at radius 2 is 1.82 bits per heavy atom. The first-order valence-corrected chi connectivity index (χ1v) is 14.3. The van der Waals surface area contributed by atoms with Gasteiger partial charge in [-0.1, -0.05) is 18.2 Å². The van der Waals surface area contributed by atoms with E-state index in [2.05, 4.69) is 16.0 Å². The fourth-order valence-corrected chi connectivity index (χ4v) is 6.12. The van der Waals surface area contributed by atoms with Crippen LogP contribution in [0.1, 0.15) is 61.6 Å². The van der Waals surface area contributed by atoms with E-state index in [0.29, 0.717) is 36.7 Å². The van der Waals surface area contributed by atoms with Crippen LogP contribution in [0.2, 0.25) is 0 Å². The highest BCUT2D eigenvalue weighted by atomic mass is 19.4. The Bertz CT molecular complexity index is 1260. The molecule has 1 aliphatic rings. The topological polar surface area (TPSA) is 62.7 Å². The van der Waals surface area contributed by atoms with Crippen LogP contribution in [0.15, 0.2) is 54.7 Å². The van der Waals surface area contributed by atoms with Crippen molar-refractivity contribution in [3.63, 3.8) is 0 Å². The minimum atomic E-state index is -4.33.